The second kappa shape index (κ2) is 7.33. The van der Waals surface area contributed by atoms with Crippen LogP contribution in [0.4, 0.5) is 5.13 Å². The molecule has 4 aromatic rings. The van der Waals surface area contributed by atoms with Crippen LogP contribution in [0.15, 0.2) is 29.2 Å². The lowest BCUT2D eigenvalue weighted by molar-refractivity contribution is -0.118. The Morgan fingerprint density at radius 2 is 2.00 bits per heavy atom. The maximum absolute atomic E-state index is 12.4. The second-order valence-electron chi connectivity index (χ2n) is 6.97. The Morgan fingerprint density at radius 3 is 2.73 bits per heavy atom. The number of sulfone groups is 1. The fourth-order valence-corrected chi connectivity index (χ4v) is 4.77. The van der Waals surface area contributed by atoms with Crippen LogP contribution in [0.2, 0.25) is 0 Å². The molecule has 0 atom stereocenters. The average Bonchev–Trinajstić information content (AvgIpc) is 3.19. The van der Waals surface area contributed by atoms with E-state index in [0.717, 1.165) is 22.9 Å². The number of nitrogens with one attached hydrogen (secondary N) is 1. The largest absolute Gasteiger partial charge is 0.466 e. The van der Waals surface area contributed by atoms with E-state index in [4.69, 9.17) is 4.74 Å². The van der Waals surface area contributed by atoms with Gasteiger partial charge >= 0.3 is 0 Å². The van der Waals surface area contributed by atoms with Gasteiger partial charge in [-0.15, -0.1) is 5.10 Å². The van der Waals surface area contributed by atoms with Crippen LogP contribution >= 0.6 is 11.3 Å². The molecule has 0 spiro atoms. The summed E-state index contributed by atoms with van der Waals surface area (Å²) < 4.78 is 31.3. The van der Waals surface area contributed by atoms with Crippen LogP contribution in [-0.2, 0) is 21.7 Å². The highest BCUT2D eigenvalue weighted by Gasteiger charge is 2.17. The quantitative estimate of drug-likeness (QED) is 0.502. The Balaban J connectivity index is 1.50. The van der Waals surface area contributed by atoms with E-state index in [1.165, 1.54) is 17.4 Å². The number of hydrogen-bond donors (Lipinski definition) is 1. The topological polar surface area (TPSA) is 116 Å². The van der Waals surface area contributed by atoms with Gasteiger partial charge in [0.05, 0.1) is 20.5 Å². The highest BCUT2D eigenvalue weighted by Crippen LogP contribution is 2.29. The molecule has 30 heavy (non-hydrogen) atoms. The molecule has 3 heterocycles. The summed E-state index contributed by atoms with van der Waals surface area (Å²) >= 11 is 1.20. The molecule has 156 valence electrons. The van der Waals surface area contributed by atoms with Crippen LogP contribution in [0, 0.1) is 13.8 Å². The van der Waals surface area contributed by atoms with E-state index in [2.05, 4.69) is 20.4 Å². The molecule has 0 unspecified atom stereocenters. The van der Waals surface area contributed by atoms with Crippen molar-refractivity contribution in [3.63, 3.8) is 0 Å². The standard InChI is InChI=1S/C19H19N5O4S2/c1-10-7-11(2)20-17-16(10)18(23-24(17)3)28-9-15(25)22-19-21-13-6-5-12(30(4,26)27)8-14(13)29-19/h5-8H,9H2,1-4H3,(H,21,22,25). The van der Waals surface area contributed by atoms with Gasteiger partial charge in [0.15, 0.2) is 27.2 Å². The molecule has 0 fully saturated rings. The number of hydrogen-bond acceptors (Lipinski definition) is 8. The number of nitrogens with zero attached hydrogens (tertiary/aromatic N) is 4. The first-order valence-electron chi connectivity index (χ1n) is 8.96. The zero-order valence-electron chi connectivity index (χ0n) is 16.8. The molecule has 9 nitrogen and oxygen atoms in total. The Bertz CT molecular complexity index is 1410. The molecule has 0 aliphatic carbocycles. The molecule has 3 aromatic heterocycles. The number of fused-ring (bicyclic) bond motifs is 2. The Labute approximate surface area is 176 Å². The zero-order chi connectivity index (χ0) is 21.6. The molecular weight excluding hydrogens is 426 g/mol. The van der Waals surface area contributed by atoms with E-state index in [1.807, 2.05) is 19.9 Å². The van der Waals surface area contributed by atoms with Crippen LogP contribution in [-0.4, -0.2) is 46.9 Å². The van der Waals surface area contributed by atoms with Crippen molar-refractivity contribution in [2.24, 2.45) is 7.05 Å². The summed E-state index contributed by atoms with van der Waals surface area (Å²) in [6.45, 7) is 3.60. The third-order valence-corrected chi connectivity index (χ3v) is 6.51. The lowest BCUT2D eigenvalue weighted by Crippen LogP contribution is -2.20. The smallest absolute Gasteiger partial charge is 0.264 e. The molecule has 1 aromatic carbocycles. The molecule has 0 saturated carbocycles. The molecular formula is C19H19N5O4S2. The Hall–Kier alpha value is -3.05. The first-order valence-corrected chi connectivity index (χ1v) is 11.7. The van der Waals surface area contributed by atoms with Gasteiger partial charge in [-0.05, 0) is 43.7 Å². The van der Waals surface area contributed by atoms with Gasteiger partial charge in [0.1, 0.15) is 0 Å². The van der Waals surface area contributed by atoms with Gasteiger partial charge in [-0.1, -0.05) is 11.3 Å². The summed E-state index contributed by atoms with van der Waals surface area (Å²) in [7, 11) is -1.54. The minimum atomic E-state index is -3.31. The van der Waals surface area contributed by atoms with E-state index >= 15 is 0 Å². The average molecular weight is 446 g/mol. The third-order valence-electron chi connectivity index (χ3n) is 4.46. The fraction of sp³-hybridized carbons (Fsp3) is 0.263. The molecule has 0 bridgehead atoms. The third kappa shape index (κ3) is 3.85. The minimum Gasteiger partial charge on any atom is -0.466 e. The van der Waals surface area contributed by atoms with Gasteiger partial charge in [0, 0.05) is 19.0 Å². The van der Waals surface area contributed by atoms with E-state index < -0.39 is 15.7 Å². The highest BCUT2D eigenvalue weighted by molar-refractivity contribution is 7.90. The van der Waals surface area contributed by atoms with E-state index in [9.17, 15) is 13.2 Å². The first-order chi connectivity index (χ1) is 14.1. The first kappa shape index (κ1) is 20.2. The lowest BCUT2D eigenvalue weighted by Gasteiger charge is -2.04. The number of benzene rings is 1. The number of anilines is 1. The van der Waals surface area contributed by atoms with Crippen LogP contribution < -0.4 is 10.1 Å². The number of rotatable bonds is 5. The molecule has 0 radical (unpaired) electrons. The maximum atomic E-state index is 12.4. The van der Waals surface area contributed by atoms with Crippen LogP contribution in [0.5, 0.6) is 5.88 Å². The summed E-state index contributed by atoms with van der Waals surface area (Å²) in [6, 6.07) is 6.59. The van der Waals surface area contributed by atoms with Crippen molar-refractivity contribution in [3.8, 4) is 5.88 Å². The molecule has 0 aliphatic heterocycles. The number of pyridine rings is 1. The van der Waals surface area contributed by atoms with Crippen molar-refractivity contribution in [2.75, 3.05) is 18.2 Å². The number of carbonyl (C=O) groups is 1. The van der Waals surface area contributed by atoms with E-state index in [0.29, 0.717) is 26.9 Å². The van der Waals surface area contributed by atoms with Crippen molar-refractivity contribution in [1.29, 1.82) is 0 Å². The zero-order valence-corrected chi connectivity index (χ0v) is 18.4. The number of thiazole rings is 1. The number of amides is 1. The SMILES string of the molecule is Cc1cc(C)c2c(OCC(=O)Nc3nc4ccc(S(C)(=O)=O)cc4s3)nn(C)c2n1. The van der Waals surface area contributed by atoms with Gasteiger partial charge < -0.3 is 4.74 Å². The number of carbonyl (C=O) groups excluding carboxylic acids is 1. The molecule has 4 rings (SSSR count). The summed E-state index contributed by atoms with van der Waals surface area (Å²) in [5.74, 6) is -0.0522. The molecule has 11 heteroatoms. The lowest BCUT2D eigenvalue weighted by atomic mass is 10.2. The summed E-state index contributed by atoms with van der Waals surface area (Å²) in [5, 5.41) is 8.13. The van der Waals surface area contributed by atoms with Crippen LogP contribution in [0.25, 0.3) is 21.3 Å². The Kier molecular flexibility index (Phi) is 4.94. The van der Waals surface area contributed by atoms with Gasteiger partial charge in [0.2, 0.25) is 5.88 Å². The number of aryl methyl sites for hydroxylation is 3. The molecule has 0 aliphatic rings. The van der Waals surface area contributed by atoms with Gasteiger partial charge in [-0.2, -0.15) is 0 Å². The van der Waals surface area contributed by atoms with Crippen molar-refractivity contribution >= 4 is 53.5 Å². The van der Waals surface area contributed by atoms with Crippen molar-refractivity contribution in [3.05, 3.63) is 35.5 Å². The monoisotopic (exact) mass is 445 g/mol. The summed E-state index contributed by atoms with van der Waals surface area (Å²) in [5.41, 5.74) is 3.14. The highest BCUT2D eigenvalue weighted by atomic mass is 32.2. The van der Waals surface area contributed by atoms with Crippen molar-refractivity contribution < 1.29 is 17.9 Å². The molecule has 1 amide bonds. The van der Waals surface area contributed by atoms with Gasteiger partial charge in [-0.25, -0.2) is 23.1 Å². The van der Waals surface area contributed by atoms with Crippen molar-refractivity contribution in [1.82, 2.24) is 19.7 Å². The van der Waals surface area contributed by atoms with E-state index in [1.54, 1.807) is 23.9 Å². The minimum absolute atomic E-state index is 0.209. The van der Waals surface area contributed by atoms with E-state index in [-0.39, 0.29) is 11.5 Å². The summed E-state index contributed by atoms with van der Waals surface area (Å²) in [6.07, 6.45) is 1.15. The number of ether oxygens (including phenoxy) is 1. The maximum Gasteiger partial charge on any atom is 0.264 e. The normalized spacial score (nSPS) is 11.9. The summed E-state index contributed by atoms with van der Waals surface area (Å²) in [4.78, 5) is 21.3. The van der Waals surface area contributed by atoms with Crippen molar-refractivity contribution in [2.45, 2.75) is 18.7 Å². The second-order valence-corrected chi connectivity index (χ2v) is 10.0. The fourth-order valence-electron chi connectivity index (χ4n) is 3.13. The Morgan fingerprint density at radius 1 is 1.23 bits per heavy atom. The molecule has 0 saturated heterocycles. The van der Waals surface area contributed by atoms with Crippen LogP contribution in [0.3, 0.4) is 0 Å². The number of aromatic nitrogens is 4. The predicted octanol–water partition coefficient (Wildman–Crippen LogP) is 2.62. The van der Waals surface area contributed by atoms with Crippen LogP contribution in [0.1, 0.15) is 11.3 Å². The van der Waals surface area contributed by atoms with Gasteiger partial charge in [0.25, 0.3) is 5.91 Å². The molecule has 1 N–H and O–H groups in total. The van der Waals surface area contributed by atoms with Gasteiger partial charge in [-0.3, -0.25) is 10.1 Å². The predicted molar refractivity (Wildman–Crippen MR) is 115 cm³/mol.